The number of nitriles is 1. The van der Waals surface area contributed by atoms with Crippen molar-refractivity contribution in [3.63, 3.8) is 0 Å². The Morgan fingerprint density at radius 3 is 2.36 bits per heavy atom. The molecule has 1 N–H and O–H groups in total. The van der Waals surface area contributed by atoms with Gasteiger partial charge in [0.15, 0.2) is 0 Å². The molecular formula is C21H30N5O2+. The maximum absolute atomic E-state index is 12.6. The minimum atomic E-state index is -0.259. The molecule has 0 aliphatic carbocycles. The zero-order valence-electron chi connectivity index (χ0n) is 17.2. The highest BCUT2D eigenvalue weighted by Crippen LogP contribution is 2.33. The number of nitrogens with one attached hydrogen (secondary N) is 1. The summed E-state index contributed by atoms with van der Waals surface area (Å²) in [6.07, 6.45) is 2.96. The monoisotopic (exact) mass is 384 g/mol. The Labute approximate surface area is 166 Å². The first-order chi connectivity index (χ1) is 13.4. The smallest absolute Gasteiger partial charge is 0.320 e. The molecular weight excluding hydrogens is 354 g/mol. The molecule has 2 fully saturated rings. The van der Waals surface area contributed by atoms with Crippen LogP contribution in [0, 0.1) is 18.3 Å². The van der Waals surface area contributed by atoms with Gasteiger partial charge < -0.3 is 14.5 Å². The molecule has 7 nitrogen and oxygen atoms in total. The van der Waals surface area contributed by atoms with Gasteiger partial charge in [-0.15, -0.1) is 0 Å². The van der Waals surface area contributed by atoms with Crippen molar-refractivity contribution < 1.29 is 14.5 Å². The molecule has 1 aromatic rings. The number of aromatic amines is 1. The third kappa shape index (κ3) is 3.42. The molecule has 0 bridgehead atoms. The second-order valence-electron chi connectivity index (χ2n) is 8.72. The van der Waals surface area contributed by atoms with Crippen molar-refractivity contribution in [3.8, 4) is 6.07 Å². The Morgan fingerprint density at radius 1 is 1.07 bits per heavy atom. The molecule has 7 heteroatoms. The number of anilines is 1. The van der Waals surface area contributed by atoms with Crippen LogP contribution in [0.15, 0.2) is 0 Å². The first-order valence-electron chi connectivity index (χ1n) is 10.3. The number of hydrogen-bond donors (Lipinski definition) is 0. The summed E-state index contributed by atoms with van der Waals surface area (Å²) in [6, 6.07) is 2.62. The zero-order valence-corrected chi connectivity index (χ0v) is 17.2. The van der Waals surface area contributed by atoms with Gasteiger partial charge in [0.2, 0.25) is 0 Å². The molecule has 0 atom stereocenters. The predicted octanol–water partition coefficient (Wildman–Crippen LogP) is 1.87. The fraction of sp³-hybridized carbons (Fsp3) is 0.667. The van der Waals surface area contributed by atoms with E-state index in [-0.39, 0.29) is 11.6 Å². The Kier molecular flexibility index (Phi) is 4.92. The van der Waals surface area contributed by atoms with Crippen LogP contribution in [-0.4, -0.2) is 60.7 Å². The van der Waals surface area contributed by atoms with Gasteiger partial charge in [-0.05, 0) is 39.2 Å². The quantitative estimate of drug-likeness (QED) is 0.741. The molecule has 0 spiro atoms. The minimum absolute atomic E-state index is 0.169. The number of aryl methyl sites for hydroxylation is 1. The van der Waals surface area contributed by atoms with Gasteiger partial charge >= 0.3 is 6.03 Å². The Balaban J connectivity index is 1.55. The van der Waals surface area contributed by atoms with E-state index in [2.05, 4.69) is 36.7 Å². The second-order valence-corrected chi connectivity index (χ2v) is 8.72. The summed E-state index contributed by atoms with van der Waals surface area (Å²) in [5.74, 6) is 0.893. The van der Waals surface area contributed by atoms with E-state index in [0.717, 1.165) is 73.6 Å². The molecule has 150 valence electrons. The number of rotatable bonds is 1. The van der Waals surface area contributed by atoms with Crippen LogP contribution >= 0.6 is 0 Å². The Hall–Kier alpha value is -2.33. The van der Waals surface area contributed by atoms with E-state index in [9.17, 15) is 10.1 Å². The average Bonchev–Trinajstić information content (AvgIpc) is 3.21. The van der Waals surface area contributed by atoms with Gasteiger partial charge in [-0.1, -0.05) is 0 Å². The number of piperazine rings is 1. The van der Waals surface area contributed by atoms with Crippen molar-refractivity contribution in [2.75, 3.05) is 44.2 Å². The van der Waals surface area contributed by atoms with Gasteiger partial charge in [-0.2, -0.15) is 5.26 Å². The number of ether oxygens (including phenoxy) is 1. The van der Waals surface area contributed by atoms with Gasteiger partial charge in [0.25, 0.3) is 5.82 Å². The maximum Gasteiger partial charge on any atom is 0.320 e. The van der Waals surface area contributed by atoms with Crippen molar-refractivity contribution in [1.29, 1.82) is 5.26 Å². The number of hydrogen-bond acceptors (Lipinski definition) is 4. The number of nitrogens with zero attached hydrogens (tertiary/aromatic N) is 4. The summed E-state index contributed by atoms with van der Waals surface area (Å²) in [6.45, 7) is 11.4. The van der Waals surface area contributed by atoms with Crippen LogP contribution in [0.4, 0.5) is 10.6 Å². The van der Waals surface area contributed by atoms with Crippen molar-refractivity contribution in [3.05, 3.63) is 22.4 Å². The molecule has 2 amide bonds. The van der Waals surface area contributed by atoms with E-state index in [1.165, 1.54) is 0 Å². The molecule has 1 aromatic heterocycles. The lowest BCUT2D eigenvalue weighted by Crippen LogP contribution is -2.53. The topological polar surface area (TPSA) is 74.0 Å². The van der Waals surface area contributed by atoms with Gasteiger partial charge in [-0.3, -0.25) is 4.90 Å². The van der Waals surface area contributed by atoms with E-state index < -0.39 is 0 Å². The number of pyridine rings is 1. The first kappa shape index (κ1) is 19.0. The summed E-state index contributed by atoms with van der Waals surface area (Å²) in [7, 11) is 0. The number of likely N-dealkylation sites (tertiary alicyclic amines) is 1. The zero-order chi connectivity index (χ0) is 19.9. The predicted molar refractivity (Wildman–Crippen MR) is 105 cm³/mol. The summed E-state index contributed by atoms with van der Waals surface area (Å²) in [4.78, 5) is 22.2. The lowest BCUT2D eigenvalue weighted by Gasteiger charge is -2.35. The third-order valence-corrected chi connectivity index (χ3v) is 6.23. The fourth-order valence-corrected chi connectivity index (χ4v) is 4.56. The van der Waals surface area contributed by atoms with Crippen LogP contribution < -0.4 is 9.88 Å². The van der Waals surface area contributed by atoms with Crippen LogP contribution in [0.25, 0.3) is 0 Å². The molecule has 2 saturated heterocycles. The fourth-order valence-electron chi connectivity index (χ4n) is 4.56. The van der Waals surface area contributed by atoms with Crippen LogP contribution in [0.5, 0.6) is 0 Å². The number of aromatic nitrogens is 1. The number of H-pyrrole nitrogens is 1. The number of carbonyl (C=O) groups excluding carboxylic acids is 1. The standard InChI is InChI=1S/C21H29N5O2/c1-15-18-14-28-21(2,3)12-16(18)17(13-22)19(23-15)24-8-10-26(11-9-24)20(27)25-6-4-5-7-25/h4-12,14H2,1-3H3/p+1. The molecule has 0 radical (unpaired) electrons. The van der Waals surface area contributed by atoms with Crippen LogP contribution in [0.3, 0.4) is 0 Å². The number of amides is 2. The van der Waals surface area contributed by atoms with Crippen LogP contribution in [-0.2, 0) is 17.8 Å². The van der Waals surface area contributed by atoms with Crippen molar-refractivity contribution in [1.82, 2.24) is 9.80 Å². The van der Waals surface area contributed by atoms with E-state index in [0.29, 0.717) is 19.7 Å². The van der Waals surface area contributed by atoms with E-state index >= 15 is 0 Å². The lowest BCUT2D eigenvalue weighted by molar-refractivity contribution is -0.376. The van der Waals surface area contributed by atoms with E-state index in [1.807, 2.05) is 9.80 Å². The second kappa shape index (κ2) is 7.25. The highest BCUT2D eigenvalue weighted by molar-refractivity contribution is 5.75. The Morgan fingerprint density at radius 2 is 1.71 bits per heavy atom. The van der Waals surface area contributed by atoms with Crippen molar-refractivity contribution >= 4 is 11.8 Å². The summed E-state index contributed by atoms with van der Waals surface area (Å²) in [5, 5.41) is 9.94. The highest BCUT2D eigenvalue weighted by Gasteiger charge is 2.36. The number of carbonyl (C=O) groups is 1. The van der Waals surface area contributed by atoms with Gasteiger partial charge in [0, 0.05) is 25.1 Å². The number of urea groups is 1. The van der Waals surface area contributed by atoms with Crippen molar-refractivity contribution in [2.24, 2.45) is 0 Å². The summed E-state index contributed by atoms with van der Waals surface area (Å²) in [5.41, 5.74) is 3.76. The molecule has 0 unspecified atom stereocenters. The molecule has 28 heavy (non-hydrogen) atoms. The van der Waals surface area contributed by atoms with E-state index in [1.54, 1.807) is 0 Å². The van der Waals surface area contributed by atoms with Crippen LogP contribution in [0.2, 0.25) is 0 Å². The van der Waals surface area contributed by atoms with Gasteiger partial charge in [-0.25, -0.2) is 9.78 Å². The molecule has 4 rings (SSSR count). The summed E-state index contributed by atoms with van der Waals surface area (Å²) >= 11 is 0. The van der Waals surface area contributed by atoms with E-state index in [4.69, 9.17) is 4.74 Å². The van der Waals surface area contributed by atoms with Crippen molar-refractivity contribution in [2.45, 2.75) is 52.2 Å². The minimum Gasteiger partial charge on any atom is -0.370 e. The Bertz CT molecular complexity index is 815. The van der Waals surface area contributed by atoms with Gasteiger partial charge in [0.1, 0.15) is 30.4 Å². The highest BCUT2D eigenvalue weighted by atomic mass is 16.5. The molecule has 0 saturated carbocycles. The third-order valence-electron chi connectivity index (χ3n) is 6.23. The molecule has 3 aliphatic heterocycles. The molecule has 0 aromatic carbocycles. The average molecular weight is 385 g/mol. The number of fused-ring (bicyclic) bond motifs is 1. The SMILES string of the molecule is Cc1[nH+]c(N2CCN(C(=O)N3CCCC3)CC2)c(C#N)c2c1COC(C)(C)C2. The normalized spacial score (nSPS) is 21.4. The molecule has 4 heterocycles. The first-order valence-corrected chi connectivity index (χ1v) is 10.3. The maximum atomic E-state index is 12.6. The van der Waals surface area contributed by atoms with Crippen LogP contribution in [0.1, 0.15) is 49.1 Å². The van der Waals surface area contributed by atoms with Gasteiger partial charge in [0.05, 0.1) is 25.3 Å². The molecule has 3 aliphatic rings. The lowest BCUT2D eigenvalue weighted by atomic mass is 9.88. The largest absolute Gasteiger partial charge is 0.370 e. The summed E-state index contributed by atoms with van der Waals surface area (Å²) < 4.78 is 5.95.